The smallest absolute Gasteiger partial charge is 0.239 e. The normalized spacial score (nSPS) is 20.3. The Morgan fingerprint density at radius 1 is 1.78 bits per heavy atom. The maximum Gasteiger partial charge on any atom is 0.239 e. The zero-order valence-electron chi connectivity index (χ0n) is 10.2. The Kier molecular flexibility index (Phi) is 4.31. The van der Waals surface area contributed by atoms with Gasteiger partial charge in [0.15, 0.2) is 0 Å². The number of nitrogens with one attached hydrogen (secondary N) is 1. The van der Waals surface area contributed by atoms with Crippen LogP contribution in [0.2, 0.25) is 0 Å². The Labute approximate surface area is 110 Å². The third-order valence-electron chi connectivity index (χ3n) is 2.73. The van der Waals surface area contributed by atoms with Gasteiger partial charge in [0.2, 0.25) is 5.91 Å². The molecule has 0 aliphatic carbocycles. The average molecular weight is 265 g/mol. The Morgan fingerprint density at radius 2 is 2.61 bits per heavy atom. The molecule has 1 aromatic rings. The van der Waals surface area contributed by atoms with Crippen molar-refractivity contribution in [3.63, 3.8) is 0 Å². The summed E-state index contributed by atoms with van der Waals surface area (Å²) in [6.45, 7) is 4.54. The Hall–Kier alpha value is -1.42. The van der Waals surface area contributed by atoms with Crippen molar-refractivity contribution in [2.75, 3.05) is 31.6 Å². The lowest BCUT2D eigenvalue weighted by molar-refractivity contribution is -0.119. The van der Waals surface area contributed by atoms with Crippen molar-refractivity contribution in [2.24, 2.45) is 0 Å². The number of carbonyl (C=O) groups excluding carboxylic acids is 1. The van der Waals surface area contributed by atoms with Gasteiger partial charge in [-0.05, 0) is 18.4 Å². The van der Waals surface area contributed by atoms with Gasteiger partial charge in [-0.2, -0.15) is 5.26 Å². The van der Waals surface area contributed by atoms with E-state index < -0.39 is 0 Å². The number of amides is 1. The molecule has 1 aliphatic rings. The molecule has 6 heteroatoms. The highest BCUT2D eigenvalue weighted by atomic mass is 32.1. The Morgan fingerprint density at radius 3 is 3.33 bits per heavy atom. The van der Waals surface area contributed by atoms with Crippen LogP contribution in [-0.4, -0.2) is 43.2 Å². The highest BCUT2D eigenvalue weighted by Gasteiger charge is 2.19. The van der Waals surface area contributed by atoms with Crippen molar-refractivity contribution in [1.29, 1.82) is 5.26 Å². The van der Waals surface area contributed by atoms with Crippen LogP contribution in [0, 0.1) is 11.3 Å². The van der Waals surface area contributed by atoms with E-state index >= 15 is 0 Å². The van der Waals surface area contributed by atoms with E-state index in [9.17, 15) is 4.79 Å². The summed E-state index contributed by atoms with van der Waals surface area (Å²) in [4.78, 5) is 13.9. The summed E-state index contributed by atoms with van der Waals surface area (Å²) in [5.74, 6) is -0.0805. The molecule has 1 aromatic heterocycles. The summed E-state index contributed by atoms with van der Waals surface area (Å²) in [5.41, 5.74) is 0.517. The highest BCUT2D eigenvalue weighted by Crippen LogP contribution is 2.21. The van der Waals surface area contributed by atoms with Gasteiger partial charge in [0, 0.05) is 13.1 Å². The number of anilines is 1. The Balaban J connectivity index is 1.87. The number of carbonyl (C=O) groups is 1. The predicted octanol–water partition coefficient (Wildman–Crippen LogP) is 1.28. The van der Waals surface area contributed by atoms with E-state index in [-0.39, 0.29) is 12.0 Å². The molecule has 0 radical (unpaired) electrons. The van der Waals surface area contributed by atoms with Gasteiger partial charge in [0.05, 0.1) is 24.8 Å². The van der Waals surface area contributed by atoms with E-state index in [1.54, 1.807) is 11.4 Å². The fourth-order valence-corrected chi connectivity index (χ4v) is 2.65. The van der Waals surface area contributed by atoms with Crippen molar-refractivity contribution in [3.05, 3.63) is 17.0 Å². The monoisotopic (exact) mass is 265 g/mol. The second-order valence-corrected chi connectivity index (χ2v) is 5.16. The van der Waals surface area contributed by atoms with Crippen molar-refractivity contribution in [2.45, 2.75) is 13.0 Å². The molecule has 0 aromatic carbocycles. The fourth-order valence-electron chi connectivity index (χ4n) is 1.90. The van der Waals surface area contributed by atoms with Crippen LogP contribution in [0.25, 0.3) is 0 Å². The molecule has 5 nitrogen and oxygen atoms in total. The molecular formula is C12H15N3O2S. The molecule has 1 saturated heterocycles. The molecule has 1 atom stereocenters. The SMILES string of the molecule is C[C@@H]1CN(CC(=O)Nc2sccc2C#N)CCO1. The topological polar surface area (TPSA) is 65.4 Å². The number of nitrogens with zero attached hydrogens (tertiary/aromatic N) is 2. The first-order valence-electron chi connectivity index (χ1n) is 5.80. The van der Waals surface area contributed by atoms with E-state index in [1.165, 1.54) is 11.3 Å². The molecular weight excluding hydrogens is 250 g/mol. The van der Waals surface area contributed by atoms with Crippen LogP contribution in [0.1, 0.15) is 12.5 Å². The first kappa shape index (κ1) is 13.0. The van der Waals surface area contributed by atoms with Gasteiger partial charge in [-0.3, -0.25) is 9.69 Å². The second kappa shape index (κ2) is 5.96. The van der Waals surface area contributed by atoms with Gasteiger partial charge in [0.1, 0.15) is 11.1 Å². The zero-order chi connectivity index (χ0) is 13.0. The average Bonchev–Trinajstić information content (AvgIpc) is 2.76. The third kappa shape index (κ3) is 3.29. The quantitative estimate of drug-likeness (QED) is 0.894. The number of thiophene rings is 1. The molecule has 0 unspecified atom stereocenters. The van der Waals surface area contributed by atoms with Crippen LogP contribution < -0.4 is 5.32 Å². The summed E-state index contributed by atoms with van der Waals surface area (Å²) >= 11 is 1.37. The molecule has 0 bridgehead atoms. The first-order chi connectivity index (χ1) is 8.69. The molecule has 1 fully saturated rings. The van der Waals surface area contributed by atoms with E-state index in [1.807, 2.05) is 6.92 Å². The van der Waals surface area contributed by atoms with Crippen molar-refractivity contribution in [3.8, 4) is 6.07 Å². The largest absolute Gasteiger partial charge is 0.376 e. The fraction of sp³-hybridized carbons (Fsp3) is 0.500. The number of ether oxygens (including phenoxy) is 1. The van der Waals surface area contributed by atoms with Crippen LogP contribution in [-0.2, 0) is 9.53 Å². The maximum atomic E-state index is 11.9. The van der Waals surface area contributed by atoms with Crippen LogP contribution in [0.3, 0.4) is 0 Å². The number of rotatable bonds is 3. The molecule has 2 rings (SSSR count). The number of nitriles is 1. The van der Waals surface area contributed by atoms with E-state index in [4.69, 9.17) is 10.00 Å². The lowest BCUT2D eigenvalue weighted by Gasteiger charge is -2.30. The maximum absolute atomic E-state index is 11.9. The summed E-state index contributed by atoms with van der Waals surface area (Å²) in [6, 6.07) is 3.76. The lowest BCUT2D eigenvalue weighted by atomic mass is 10.3. The minimum Gasteiger partial charge on any atom is -0.376 e. The standard InChI is InChI=1S/C12H15N3O2S/c1-9-7-15(3-4-17-9)8-11(16)14-12-10(6-13)2-5-18-12/h2,5,9H,3-4,7-8H2,1H3,(H,14,16)/t9-/m1/s1. The first-order valence-corrected chi connectivity index (χ1v) is 6.68. The van der Waals surface area contributed by atoms with Crippen LogP contribution in [0.15, 0.2) is 11.4 Å². The van der Waals surface area contributed by atoms with Gasteiger partial charge in [-0.1, -0.05) is 0 Å². The molecule has 2 heterocycles. The van der Waals surface area contributed by atoms with Gasteiger partial charge in [-0.25, -0.2) is 0 Å². The number of hydrogen-bond donors (Lipinski definition) is 1. The van der Waals surface area contributed by atoms with E-state index in [0.717, 1.165) is 13.1 Å². The summed E-state index contributed by atoms with van der Waals surface area (Å²) in [7, 11) is 0. The minimum atomic E-state index is -0.0805. The number of hydrogen-bond acceptors (Lipinski definition) is 5. The van der Waals surface area contributed by atoms with Crippen LogP contribution in [0.5, 0.6) is 0 Å². The predicted molar refractivity (Wildman–Crippen MR) is 69.5 cm³/mol. The molecule has 0 saturated carbocycles. The Bertz CT molecular complexity index is 466. The summed E-state index contributed by atoms with van der Waals surface area (Å²) in [6.07, 6.45) is 0.169. The molecule has 1 amide bonds. The van der Waals surface area contributed by atoms with E-state index in [2.05, 4.69) is 16.3 Å². The van der Waals surface area contributed by atoms with Gasteiger partial charge in [-0.15, -0.1) is 11.3 Å². The van der Waals surface area contributed by atoms with Crippen molar-refractivity contribution < 1.29 is 9.53 Å². The molecule has 18 heavy (non-hydrogen) atoms. The van der Waals surface area contributed by atoms with Gasteiger partial charge < -0.3 is 10.1 Å². The highest BCUT2D eigenvalue weighted by molar-refractivity contribution is 7.14. The summed E-state index contributed by atoms with van der Waals surface area (Å²) in [5, 5.41) is 14.1. The molecule has 1 N–H and O–H groups in total. The number of morpholine rings is 1. The lowest BCUT2D eigenvalue weighted by Crippen LogP contribution is -2.44. The van der Waals surface area contributed by atoms with Crippen LogP contribution in [0.4, 0.5) is 5.00 Å². The van der Waals surface area contributed by atoms with Gasteiger partial charge in [0.25, 0.3) is 0 Å². The van der Waals surface area contributed by atoms with Gasteiger partial charge >= 0.3 is 0 Å². The van der Waals surface area contributed by atoms with Crippen LogP contribution >= 0.6 is 11.3 Å². The zero-order valence-corrected chi connectivity index (χ0v) is 11.0. The third-order valence-corrected chi connectivity index (χ3v) is 3.56. The molecule has 96 valence electrons. The minimum absolute atomic E-state index is 0.0805. The van der Waals surface area contributed by atoms with Crippen molar-refractivity contribution >= 4 is 22.2 Å². The molecule has 1 aliphatic heterocycles. The van der Waals surface area contributed by atoms with E-state index in [0.29, 0.717) is 23.7 Å². The second-order valence-electron chi connectivity index (χ2n) is 4.24. The summed E-state index contributed by atoms with van der Waals surface area (Å²) < 4.78 is 5.42. The molecule has 0 spiro atoms. The van der Waals surface area contributed by atoms with Crippen molar-refractivity contribution in [1.82, 2.24) is 4.90 Å².